The highest BCUT2D eigenvalue weighted by Crippen LogP contribution is 2.17. The SMILES string of the molecule is Cc1nn(C)c(C)c1CNC(=S)Nc1ccc(C(C)C)cc1. The van der Waals surface area contributed by atoms with Gasteiger partial charge < -0.3 is 10.6 Å². The first-order valence-electron chi connectivity index (χ1n) is 7.52. The van der Waals surface area contributed by atoms with Gasteiger partial charge in [0.15, 0.2) is 5.11 Å². The van der Waals surface area contributed by atoms with Gasteiger partial charge in [-0.3, -0.25) is 4.68 Å². The number of hydrogen-bond donors (Lipinski definition) is 2. The van der Waals surface area contributed by atoms with E-state index in [4.69, 9.17) is 12.2 Å². The molecule has 0 aliphatic carbocycles. The second kappa shape index (κ2) is 6.92. The molecule has 0 saturated carbocycles. The minimum Gasteiger partial charge on any atom is -0.358 e. The third-order valence-corrected chi connectivity index (χ3v) is 4.17. The number of anilines is 1. The predicted octanol–water partition coefficient (Wildman–Crippen LogP) is 3.65. The fraction of sp³-hybridized carbons (Fsp3) is 0.412. The third kappa shape index (κ3) is 3.85. The van der Waals surface area contributed by atoms with Crippen LogP contribution in [0.1, 0.15) is 42.3 Å². The van der Waals surface area contributed by atoms with Crippen molar-refractivity contribution in [2.45, 2.75) is 40.2 Å². The number of benzene rings is 1. The third-order valence-electron chi connectivity index (χ3n) is 3.92. The maximum atomic E-state index is 5.36. The molecular formula is C17H24N4S. The number of aromatic nitrogens is 2. The molecule has 0 saturated heterocycles. The second-order valence-corrected chi connectivity index (χ2v) is 6.27. The van der Waals surface area contributed by atoms with Crippen molar-refractivity contribution in [3.8, 4) is 0 Å². The van der Waals surface area contributed by atoms with Crippen molar-refractivity contribution in [2.24, 2.45) is 7.05 Å². The Kier molecular flexibility index (Phi) is 5.19. The fourth-order valence-electron chi connectivity index (χ4n) is 2.37. The first kappa shape index (κ1) is 16.5. The molecule has 0 spiro atoms. The smallest absolute Gasteiger partial charge is 0.171 e. The van der Waals surface area contributed by atoms with Crippen LogP contribution in [0.5, 0.6) is 0 Å². The second-order valence-electron chi connectivity index (χ2n) is 5.86. The van der Waals surface area contributed by atoms with Crippen molar-refractivity contribution in [2.75, 3.05) is 5.32 Å². The van der Waals surface area contributed by atoms with Crippen LogP contribution in [0.4, 0.5) is 5.69 Å². The highest BCUT2D eigenvalue weighted by molar-refractivity contribution is 7.80. The summed E-state index contributed by atoms with van der Waals surface area (Å²) >= 11 is 5.36. The van der Waals surface area contributed by atoms with Crippen molar-refractivity contribution < 1.29 is 0 Å². The topological polar surface area (TPSA) is 41.9 Å². The van der Waals surface area contributed by atoms with Gasteiger partial charge in [-0.1, -0.05) is 26.0 Å². The number of hydrogen-bond acceptors (Lipinski definition) is 2. The van der Waals surface area contributed by atoms with Crippen LogP contribution in [0.25, 0.3) is 0 Å². The molecular weight excluding hydrogens is 292 g/mol. The Hall–Kier alpha value is -1.88. The molecule has 0 radical (unpaired) electrons. The maximum Gasteiger partial charge on any atom is 0.171 e. The minimum absolute atomic E-state index is 0.538. The summed E-state index contributed by atoms with van der Waals surface area (Å²) in [6, 6.07) is 8.38. The minimum atomic E-state index is 0.538. The van der Waals surface area contributed by atoms with Crippen LogP contribution in [0.3, 0.4) is 0 Å². The quantitative estimate of drug-likeness (QED) is 0.845. The molecule has 2 N–H and O–H groups in total. The van der Waals surface area contributed by atoms with Gasteiger partial charge in [0.2, 0.25) is 0 Å². The van der Waals surface area contributed by atoms with E-state index in [2.05, 4.69) is 60.8 Å². The Morgan fingerprint density at radius 1 is 1.23 bits per heavy atom. The summed E-state index contributed by atoms with van der Waals surface area (Å²) < 4.78 is 1.90. The van der Waals surface area contributed by atoms with Gasteiger partial charge in [0.25, 0.3) is 0 Å². The van der Waals surface area contributed by atoms with Crippen molar-refractivity contribution >= 4 is 23.0 Å². The zero-order chi connectivity index (χ0) is 16.3. The van der Waals surface area contributed by atoms with E-state index in [1.807, 2.05) is 18.7 Å². The van der Waals surface area contributed by atoms with Gasteiger partial charge in [0.05, 0.1) is 5.69 Å². The molecule has 0 unspecified atom stereocenters. The van der Waals surface area contributed by atoms with E-state index in [-0.39, 0.29) is 0 Å². The monoisotopic (exact) mass is 316 g/mol. The van der Waals surface area contributed by atoms with Crippen LogP contribution in [0, 0.1) is 13.8 Å². The maximum absolute atomic E-state index is 5.36. The Morgan fingerprint density at radius 2 is 1.86 bits per heavy atom. The molecule has 0 amide bonds. The Labute approximate surface area is 137 Å². The molecule has 2 aromatic rings. The van der Waals surface area contributed by atoms with E-state index < -0.39 is 0 Å². The van der Waals surface area contributed by atoms with Gasteiger partial charge in [-0.15, -0.1) is 0 Å². The van der Waals surface area contributed by atoms with Crippen LogP contribution in [-0.4, -0.2) is 14.9 Å². The highest BCUT2D eigenvalue weighted by atomic mass is 32.1. The summed E-state index contributed by atoms with van der Waals surface area (Å²) in [6.45, 7) is 9.14. The molecule has 0 fully saturated rings. The number of nitrogens with one attached hydrogen (secondary N) is 2. The Balaban J connectivity index is 1.93. The standard InChI is InChI=1S/C17H24N4S/c1-11(2)14-6-8-15(9-7-14)19-17(22)18-10-16-12(3)20-21(5)13(16)4/h6-9,11H,10H2,1-5H3,(H2,18,19,22). The number of thiocarbonyl (C=S) groups is 1. The number of nitrogens with zero attached hydrogens (tertiary/aromatic N) is 2. The van der Waals surface area contributed by atoms with Crippen molar-refractivity contribution in [1.82, 2.24) is 15.1 Å². The number of aryl methyl sites for hydroxylation is 2. The lowest BCUT2D eigenvalue weighted by atomic mass is 10.0. The van der Waals surface area contributed by atoms with Gasteiger partial charge in [-0.2, -0.15) is 5.10 Å². The average molecular weight is 316 g/mol. The lowest BCUT2D eigenvalue weighted by Gasteiger charge is -2.12. The van der Waals surface area contributed by atoms with E-state index in [9.17, 15) is 0 Å². The Bertz CT molecular complexity index is 656. The van der Waals surface area contributed by atoms with E-state index >= 15 is 0 Å². The molecule has 1 aromatic heterocycles. The van der Waals surface area contributed by atoms with E-state index in [0.717, 1.165) is 17.1 Å². The lowest BCUT2D eigenvalue weighted by Crippen LogP contribution is -2.28. The normalized spacial score (nSPS) is 10.8. The van der Waals surface area contributed by atoms with Gasteiger partial charge >= 0.3 is 0 Å². The molecule has 22 heavy (non-hydrogen) atoms. The fourth-order valence-corrected chi connectivity index (χ4v) is 2.56. The summed E-state index contributed by atoms with van der Waals surface area (Å²) in [6.07, 6.45) is 0. The molecule has 0 atom stereocenters. The van der Waals surface area contributed by atoms with Crippen LogP contribution < -0.4 is 10.6 Å². The molecule has 1 heterocycles. The molecule has 118 valence electrons. The van der Waals surface area contributed by atoms with Gasteiger partial charge in [-0.25, -0.2) is 0 Å². The predicted molar refractivity (Wildman–Crippen MR) is 96.3 cm³/mol. The molecule has 0 bridgehead atoms. The van der Waals surface area contributed by atoms with Gasteiger partial charge in [0.1, 0.15) is 0 Å². The van der Waals surface area contributed by atoms with Crippen LogP contribution in [0.2, 0.25) is 0 Å². The molecule has 1 aromatic carbocycles. The van der Waals surface area contributed by atoms with E-state index in [0.29, 0.717) is 17.6 Å². The first-order valence-corrected chi connectivity index (χ1v) is 7.93. The summed E-state index contributed by atoms with van der Waals surface area (Å²) in [5.74, 6) is 0.538. The summed E-state index contributed by atoms with van der Waals surface area (Å²) in [7, 11) is 1.96. The first-order chi connectivity index (χ1) is 10.4. The van der Waals surface area contributed by atoms with Crippen LogP contribution in [0.15, 0.2) is 24.3 Å². The summed E-state index contributed by atoms with van der Waals surface area (Å²) in [4.78, 5) is 0. The molecule has 0 aliphatic heterocycles. The molecule has 0 aliphatic rings. The van der Waals surface area contributed by atoms with Crippen molar-refractivity contribution in [3.63, 3.8) is 0 Å². The van der Waals surface area contributed by atoms with E-state index in [1.54, 1.807) is 0 Å². The lowest BCUT2D eigenvalue weighted by molar-refractivity contribution is 0.729. The van der Waals surface area contributed by atoms with E-state index in [1.165, 1.54) is 11.1 Å². The van der Waals surface area contributed by atoms with Crippen LogP contribution in [-0.2, 0) is 13.6 Å². The zero-order valence-corrected chi connectivity index (χ0v) is 14.7. The summed E-state index contributed by atoms with van der Waals surface area (Å²) in [5.41, 5.74) is 5.72. The van der Waals surface area contributed by atoms with Gasteiger partial charge in [-0.05, 0) is 49.7 Å². The summed E-state index contributed by atoms with van der Waals surface area (Å²) in [5, 5.41) is 11.5. The highest BCUT2D eigenvalue weighted by Gasteiger charge is 2.09. The van der Waals surface area contributed by atoms with Gasteiger partial charge in [0, 0.05) is 30.5 Å². The molecule has 5 heteroatoms. The zero-order valence-electron chi connectivity index (χ0n) is 13.9. The van der Waals surface area contributed by atoms with Crippen LogP contribution >= 0.6 is 12.2 Å². The average Bonchev–Trinajstić information content (AvgIpc) is 2.70. The molecule has 4 nitrogen and oxygen atoms in total. The number of rotatable bonds is 4. The largest absolute Gasteiger partial charge is 0.358 e. The molecule has 2 rings (SSSR count). The Morgan fingerprint density at radius 3 is 2.36 bits per heavy atom. The van der Waals surface area contributed by atoms with Crippen molar-refractivity contribution in [3.05, 3.63) is 46.8 Å². The van der Waals surface area contributed by atoms with Crippen molar-refractivity contribution in [1.29, 1.82) is 0 Å².